The number of nitrogens with zero attached hydrogens (tertiary/aromatic N) is 2. The van der Waals surface area contributed by atoms with Crippen molar-refractivity contribution >= 4 is 23.2 Å². The van der Waals surface area contributed by atoms with Gasteiger partial charge in [0, 0.05) is 41.5 Å². The Morgan fingerprint density at radius 2 is 1.58 bits per heavy atom. The molecule has 0 unspecified atom stereocenters. The Balaban J connectivity index is 1.65. The zero-order valence-electron chi connectivity index (χ0n) is 15.7. The molecule has 2 heterocycles. The van der Waals surface area contributed by atoms with Crippen LogP contribution in [0.4, 0.5) is 0 Å². The molecule has 0 N–H and O–H groups in total. The summed E-state index contributed by atoms with van der Waals surface area (Å²) in [6.07, 6.45) is 0. The van der Waals surface area contributed by atoms with Gasteiger partial charge in [0.15, 0.2) is 0 Å². The summed E-state index contributed by atoms with van der Waals surface area (Å²) in [6.45, 7) is 8.15. The van der Waals surface area contributed by atoms with Crippen molar-refractivity contribution in [3.63, 3.8) is 0 Å². The normalized spacial score (nSPS) is 14.5. The molecule has 5 nitrogen and oxygen atoms in total. The predicted octanol–water partition coefficient (Wildman–Crippen LogP) is 3.28. The first kappa shape index (κ1) is 18.5. The number of amides is 2. The largest absolute Gasteiger partial charge is 0.496 e. The van der Waals surface area contributed by atoms with Crippen molar-refractivity contribution in [2.75, 3.05) is 33.3 Å². The molecule has 26 heavy (non-hydrogen) atoms. The number of methoxy groups -OCH3 is 1. The van der Waals surface area contributed by atoms with Crippen LogP contribution in [-0.2, 0) is 0 Å². The lowest BCUT2D eigenvalue weighted by molar-refractivity contribution is 0.0535. The van der Waals surface area contributed by atoms with Crippen LogP contribution in [0.15, 0.2) is 24.3 Å². The molecule has 1 fully saturated rings. The molecule has 1 aromatic carbocycles. The number of thiophene rings is 1. The smallest absolute Gasteiger partial charge is 0.255 e. The third kappa shape index (κ3) is 3.60. The standard InChI is InChI=1S/C20H24N2O3S/c1-13-5-6-16(12-18(13)25-4)19(23)21-7-9-22(10-8-21)20(24)17-11-14(2)26-15(17)3/h5-6,11-12H,7-10H2,1-4H3. The summed E-state index contributed by atoms with van der Waals surface area (Å²) in [5.74, 6) is 0.766. The Labute approximate surface area is 158 Å². The second-order valence-corrected chi connectivity index (χ2v) is 8.06. The fourth-order valence-electron chi connectivity index (χ4n) is 3.26. The van der Waals surface area contributed by atoms with E-state index in [1.807, 2.05) is 43.9 Å². The number of carbonyl (C=O) groups is 2. The third-order valence-corrected chi connectivity index (χ3v) is 5.75. The summed E-state index contributed by atoms with van der Waals surface area (Å²) >= 11 is 1.64. The molecule has 1 aromatic heterocycles. The van der Waals surface area contributed by atoms with Crippen LogP contribution in [0.5, 0.6) is 5.75 Å². The van der Waals surface area contributed by atoms with Gasteiger partial charge >= 0.3 is 0 Å². The Kier molecular flexibility index (Phi) is 5.32. The van der Waals surface area contributed by atoms with Gasteiger partial charge in [-0.3, -0.25) is 9.59 Å². The van der Waals surface area contributed by atoms with Gasteiger partial charge in [-0.15, -0.1) is 11.3 Å². The minimum atomic E-state index is -0.0158. The fourth-order valence-corrected chi connectivity index (χ4v) is 4.18. The van der Waals surface area contributed by atoms with Gasteiger partial charge in [-0.05, 0) is 44.5 Å². The van der Waals surface area contributed by atoms with Gasteiger partial charge in [0.05, 0.1) is 12.7 Å². The van der Waals surface area contributed by atoms with Crippen molar-refractivity contribution in [1.82, 2.24) is 9.80 Å². The number of carbonyl (C=O) groups excluding carboxylic acids is 2. The average molecular weight is 372 g/mol. The van der Waals surface area contributed by atoms with Crippen LogP contribution >= 0.6 is 11.3 Å². The van der Waals surface area contributed by atoms with Crippen LogP contribution in [0.1, 0.15) is 36.0 Å². The molecular formula is C20H24N2O3S. The first-order chi connectivity index (χ1) is 12.4. The maximum atomic E-state index is 12.8. The van der Waals surface area contributed by atoms with E-state index in [9.17, 15) is 9.59 Å². The van der Waals surface area contributed by atoms with E-state index in [1.165, 1.54) is 0 Å². The van der Waals surface area contributed by atoms with Gasteiger partial charge in [-0.2, -0.15) is 0 Å². The SMILES string of the molecule is COc1cc(C(=O)N2CCN(C(=O)c3cc(C)sc3C)CC2)ccc1C. The Morgan fingerprint density at radius 3 is 2.12 bits per heavy atom. The van der Waals surface area contributed by atoms with Gasteiger partial charge in [0.25, 0.3) is 11.8 Å². The molecule has 0 saturated carbocycles. The molecule has 1 aliphatic rings. The van der Waals surface area contributed by atoms with E-state index in [-0.39, 0.29) is 11.8 Å². The van der Waals surface area contributed by atoms with Crippen LogP contribution in [0.25, 0.3) is 0 Å². The van der Waals surface area contributed by atoms with E-state index in [1.54, 1.807) is 29.4 Å². The molecule has 0 bridgehead atoms. The maximum absolute atomic E-state index is 12.8. The van der Waals surface area contributed by atoms with E-state index in [0.717, 1.165) is 20.9 Å². The van der Waals surface area contributed by atoms with E-state index >= 15 is 0 Å². The summed E-state index contributed by atoms with van der Waals surface area (Å²) in [5.41, 5.74) is 2.41. The molecule has 138 valence electrons. The second kappa shape index (κ2) is 7.50. The first-order valence-corrected chi connectivity index (χ1v) is 9.52. The van der Waals surface area contributed by atoms with Crippen LogP contribution < -0.4 is 4.74 Å². The van der Waals surface area contributed by atoms with Gasteiger partial charge in [-0.1, -0.05) is 6.07 Å². The van der Waals surface area contributed by atoms with Crippen molar-refractivity contribution in [2.24, 2.45) is 0 Å². The highest BCUT2D eigenvalue weighted by Crippen LogP contribution is 2.23. The topological polar surface area (TPSA) is 49.9 Å². The lowest BCUT2D eigenvalue weighted by Crippen LogP contribution is -2.50. The number of piperazine rings is 1. The predicted molar refractivity (Wildman–Crippen MR) is 103 cm³/mol. The number of hydrogen-bond donors (Lipinski definition) is 0. The van der Waals surface area contributed by atoms with Crippen LogP contribution in [0.3, 0.4) is 0 Å². The lowest BCUT2D eigenvalue weighted by atomic mass is 10.1. The first-order valence-electron chi connectivity index (χ1n) is 8.71. The molecule has 1 saturated heterocycles. The van der Waals surface area contributed by atoms with Gasteiger partial charge in [-0.25, -0.2) is 0 Å². The van der Waals surface area contributed by atoms with E-state index < -0.39 is 0 Å². The van der Waals surface area contributed by atoms with Crippen molar-refractivity contribution in [3.05, 3.63) is 50.7 Å². The maximum Gasteiger partial charge on any atom is 0.255 e. The van der Waals surface area contributed by atoms with Gasteiger partial charge in [0.1, 0.15) is 5.75 Å². The van der Waals surface area contributed by atoms with E-state index in [2.05, 4.69) is 0 Å². The molecule has 0 atom stereocenters. The molecule has 2 aromatic rings. The van der Waals surface area contributed by atoms with Crippen molar-refractivity contribution in [2.45, 2.75) is 20.8 Å². The molecule has 6 heteroatoms. The van der Waals surface area contributed by atoms with Crippen LogP contribution in [0.2, 0.25) is 0 Å². The number of aryl methyl sites for hydroxylation is 3. The highest BCUT2D eigenvalue weighted by Gasteiger charge is 2.27. The summed E-state index contributed by atoms with van der Waals surface area (Å²) in [7, 11) is 1.61. The zero-order chi connectivity index (χ0) is 18.8. The Morgan fingerprint density at radius 1 is 0.962 bits per heavy atom. The summed E-state index contributed by atoms with van der Waals surface area (Å²) < 4.78 is 5.31. The van der Waals surface area contributed by atoms with Crippen LogP contribution in [0, 0.1) is 20.8 Å². The third-order valence-electron chi connectivity index (χ3n) is 4.78. The minimum Gasteiger partial charge on any atom is -0.496 e. The zero-order valence-corrected chi connectivity index (χ0v) is 16.5. The van der Waals surface area contributed by atoms with Gasteiger partial charge < -0.3 is 14.5 Å². The molecule has 2 amide bonds. The fraction of sp³-hybridized carbons (Fsp3) is 0.400. The molecule has 3 rings (SSSR count). The Bertz CT molecular complexity index is 836. The van der Waals surface area contributed by atoms with Crippen molar-refractivity contribution < 1.29 is 14.3 Å². The van der Waals surface area contributed by atoms with E-state index in [0.29, 0.717) is 37.5 Å². The number of rotatable bonds is 3. The number of benzene rings is 1. The highest BCUT2D eigenvalue weighted by atomic mass is 32.1. The summed E-state index contributed by atoms with van der Waals surface area (Å²) in [5, 5.41) is 0. The summed E-state index contributed by atoms with van der Waals surface area (Å²) in [6, 6.07) is 7.47. The van der Waals surface area contributed by atoms with E-state index in [4.69, 9.17) is 4.74 Å². The highest BCUT2D eigenvalue weighted by molar-refractivity contribution is 7.12. The summed E-state index contributed by atoms with van der Waals surface area (Å²) in [4.78, 5) is 31.3. The monoisotopic (exact) mass is 372 g/mol. The Hall–Kier alpha value is -2.34. The average Bonchev–Trinajstić information content (AvgIpc) is 2.99. The van der Waals surface area contributed by atoms with Gasteiger partial charge in [0.2, 0.25) is 0 Å². The molecule has 1 aliphatic heterocycles. The molecule has 0 spiro atoms. The number of hydrogen-bond acceptors (Lipinski definition) is 4. The van der Waals surface area contributed by atoms with Crippen LogP contribution in [-0.4, -0.2) is 54.9 Å². The number of ether oxygens (including phenoxy) is 1. The lowest BCUT2D eigenvalue weighted by Gasteiger charge is -2.35. The second-order valence-electron chi connectivity index (χ2n) is 6.60. The molecular weight excluding hydrogens is 348 g/mol. The molecule has 0 radical (unpaired) electrons. The molecule has 0 aliphatic carbocycles. The minimum absolute atomic E-state index is 0.0158. The van der Waals surface area contributed by atoms with Crippen molar-refractivity contribution in [3.8, 4) is 5.75 Å². The quantitative estimate of drug-likeness (QED) is 0.831. The van der Waals surface area contributed by atoms with Crippen molar-refractivity contribution in [1.29, 1.82) is 0 Å².